The van der Waals surface area contributed by atoms with Gasteiger partial charge in [-0.05, 0) is 26.0 Å². The maximum Gasteiger partial charge on any atom is 0.122 e. The van der Waals surface area contributed by atoms with Crippen molar-refractivity contribution in [1.82, 2.24) is 4.98 Å². The Morgan fingerprint density at radius 1 is 1.31 bits per heavy atom. The van der Waals surface area contributed by atoms with Crippen molar-refractivity contribution in [2.75, 3.05) is 7.11 Å². The Morgan fingerprint density at radius 2 is 2.08 bits per heavy atom. The number of nitrogens with one attached hydrogen (secondary N) is 1. The summed E-state index contributed by atoms with van der Waals surface area (Å²) in [6.45, 7) is 4.05. The fourth-order valence-electron chi connectivity index (χ4n) is 1.60. The predicted octanol–water partition coefficient (Wildman–Crippen LogP) is 2.59. The molecular formula is C11H12NO. The highest BCUT2D eigenvalue weighted by atomic mass is 16.5. The lowest BCUT2D eigenvalue weighted by molar-refractivity contribution is 0.412. The van der Waals surface area contributed by atoms with E-state index in [2.05, 4.69) is 11.1 Å². The van der Waals surface area contributed by atoms with E-state index in [0.717, 1.165) is 27.9 Å². The highest BCUT2D eigenvalue weighted by Gasteiger charge is 2.05. The summed E-state index contributed by atoms with van der Waals surface area (Å²) in [5.74, 6) is 0.919. The van der Waals surface area contributed by atoms with Crippen LogP contribution in [-0.4, -0.2) is 12.1 Å². The number of benzene rings is 1. The number of fused-ring (bicyclic) bond motifs is 1. The lowest BCUT2D eigenvalue weighted by Crippen LogP contribution is -1.86. The third-order valence-corrected chi connectivity index (χ3v) is 2.27. The van der Waals surface area contributed by atoms with Crippen molar-refractivity contribution < 1.29 is 4.74 Å². The van der Waals surface area contributed by atoms with E-state index in [0.29, 0.717) is 0 Å². The van der Waals surface area contributed by atoms with Crippen LogP contribution in [0.15, 0.2) is 12.1 Å². The van der Waals surface area contributed by atoms with Gasteiger partial charge in [0.1, 0.15) is 5.75 Å². The summed E-state index contributed by atoms with van der Waals surface area (Å²) in [7, 11) is 1.69. The van der Waals surface area contributed by atoms with Crippen molar-refractivity contribution in [2.45, 2.75) is 13.8 Å². The normalized spacial score (nSPS) is 10.7. The van der Waals surface area contributed by atoms with Gasteiger partial charge >= 0.3 is 0 Å². The Kier molecular flexibility index (Phi) is 1.76. The number of hydrogen-bond donors (Lipinski definition) is 1. The highest BCUT2D eigenvalue weighted by molar-refractivity contribution is 5.85. The van der Waals surface area contributed by atoms with Crippen LogP contribution in [0.1, 0.15) is 11.3 Å². The molecule has 1 aromatic heterocycles. The largest absolute Gasteiger partial charge is 0.496 e. The van der Waals surface area contributed by atoms with E-state index in [1.807, 2.05) is 26.0 Å². The first-order chi connectivity index (χ1) is 6.22. The third kappa shape index (κ3) is 1.18. The summed E-state index contributed by atoms with van der Waals surface area (Å²) < 4.78 is 5.23. The van der Waals surface area contributed by atoms with Crippen LogP contribution in [-0.2, 0) is 0 Å². The van der Waals surface area contributed by atoms with E-state index in [-0.39, 0.29) is 0 Å². The van der Waals surface area contributed by atoms with E-state index >= 15 is 0 Å². The number of aryl methyl sites for hydroxylation is 2. The second kappa shape index (κ2) is 2.80. The molecule has 0 amide bonds. The molecule has 1 heterocycles. The molecule has 0 aliphatic rings. The van der Waals surface area contributed by atoms with Crippen LogP contribution in [0.3, 0.4) is 0 Å². The molecular weight excluding hydrogens is 162 g/mol. The molecule has 0 aliphatic heterocycles. The molecule has 67 valence electrons. The third-order valence-electron chi connectivity index (χ3n) is 2.27. The zero-order valence-corrected chi connectivity index (χ0v) is 8.06. The summed E-state index contributed by atoms with van der Waals surface area (Å²) in [5, 5.41) is 1.12. The van der Waals surface area contributed by atoms with Crippen molar-refractivity contribution in [2.24, 2.45) is 0 Å². The zero-order valence-electron chi connectivity index (χ0n) is 8.06. The van der Waals surface area contributed by atoms with Gasteiger partial charge in [-0.25, -0.2) is 0 Å². The first kappa shape index (κ1) is 8.17. The maximum absolute atomic E-state index is 5.23. The maximum atomic E-state index is 5.23. The molecule has 0 unspecified atom stereocenters. The molecule has 2 nitrogen and oxygen atoms in total. The van der Waals surface area contributed by atoms with Gasteiger partial charge in [-0.15, -0.1) is 0 Å². The van der Waals surface area contributed by atoms with Crippen LogP contribution < -0.4 is 4.74 Å². The van der Waals surface area contributed by atoms with Gasteiger partial charge in [-0.2, -0.15) is 0 Å². The zero-order chi connectivity index (χ0) is 9.42. The number of aromatic amines is 1. The number of methoxy groups -OCH3 is 1. The second-order valence-corrected chi connectivity index (χ2v) is 3.19. The van der Waals surface area contributed by atoms with Crippen molar-refractivity contribution in [3.05, 3.63) is 29.5 Å². The van der Waals surface area contributed by atoms with E-state index in [9.17, 15) is 0 Å². The Morgan fingerprint density at radius 3 is 2.77 bits per heavy atom. The Bertz CT molecular complexity index is 443. The number of ether oxygens (including phenoxy) is 1. The topological polar surface area (TPSA) is 25.0 Å². The number of rotatable bonds is 1. The standard InChI is InChI=1S/C11H12NO/c1-7-6-9-8(2)11(13-3)5-4-10(9)12-7/h4-5,12H,1-3H3. The Hall–Kier alpha value is -1.44. The second-order valence-electron chi connectivity index (χ2n) is 3.19. The van der Waals surface area contributed by atoms with Gasteiger partial charge in [-0.3, -0.25) is 0 Å². The van der Waals surface area contributed by atoms with E-state index in [1.54, 1.807) is 7.11 Å². The first-order valence-electron chi connectivity index (χ1n) is 4.27. The van der Waals surface area contributed by atoms with Gasteiger partial charge in [-0.1, -0.05) is 0 Å². The fourth-order valence-corrected chi connectivity index (χ4v) is 1.60. The molecule has 2 heteroatoms. The number of hydrogen-bond acceptors (Lipinski definition) is 1. The van der Waals surface area contributed by atoms with Crippen LogP contribution in [0.25, 0.3) is 10.9 Å². The SMILES string of the molecule is COc1ccc2[nH]c(C)[c]c2c1C. The fraction of sp³-hybridized carbons (Fsp3) is 0.273. The van der Waals surface area contributed by atoms with Crippen LogP contribution in [0.5, 0.6) is 5.75 Å². The van der Waals surface area contributed by atoms with Crippen molar-refractivity contribution in [3.63, 3.8) is 0 Å². The molecule has 0 aliphatic carbocycles. The van der Waals surface area contributed by atoms with Crippen LogP contribution in [0.4, 0.5) is 0 Å². The number of H-pyrrole nitrogens is 1. The summed E-state index contributed by atoms with van der Waals surface area (Å²) in [6, 6.07) is 7.26. The molecule has 0 bridgehead atoms. The molecule has 0 fully saturated rings. The molecule has 1 aromatic carbocycles. The van der Waals surface area contributed by atoms with Gasteiger partial charge in [0.05, 0.1) is 7.11 Å². The lowest BCUT2D eigenvalue weighted by Gasteiger charge is -2.03. The minimum absolute atomic E-state index is 0.919. The summed E-state index contributed by atoms with van der Waals surface area (Å²) in [5.41, 5.74) is 3.33. The van der Waals surface area contributed by atoms with E-state index < -0.39 is 0 Å². The van der Waals surface area contributed by atoms with Gasteiger partial charge in [0.15, 0.2) is 0 Å². The molecule has 2 aromatic rings. The summed E-state index contributed by atoms with van der Waals surface area (Å²) in [4.78, 5) is 3.24. The average molecular weight is 174 g/mol. The smallest absolute Gasteiger partial charge is 0.122 e. The highest BCUT2D eigenvalue weighted by Crippen LogP contribution is 2.26. The monoisotopic (exact) mass is 174 g/mol. The van der Waals surface area contributed by atoms with Crippen molar-refractivity contribution >= 4 is 10.9 Å². The predicted molar refractivity (Wildman–Crippen MR) is 53.2 cm³/mol. The molecule has 2 rings (SSSR count). The minimum Gasteiger partial charge on any atom is -0.496 e. The van der Waals surface area contributed by atoms with E-state index in [4.69, 9.17) is 4.74 Å². The Labute approximate surface area is 77.5 Å². The summed E-state index contributed by atoms with van der Waals surface area (Å²) >= 11 is 0. The van der Waals surface area contributed by atoms with Crippen LogP contribution >= 0.6 is 0 Å². The minimum atomic E-state index is 0.919. The lowest BCUT2D eigenvalue weighted by atomic mass is 10.1. The van der Waals surface area contributed by atoms with Gasteiger partial charge in [0, 0.05) is 28.2 Å². The molecule has 0 saturated heterocycles. The van der Waals surface area contributed by atoms with Crippen molar-refractivity contribution in [1.29, 1.82) is 0 Å². The molecule has 13 heavy (non-hydrogen) atoms. The van der Waals surface area contributed by atoms with Gasteiger partial charge in [0.25, 0.3) is 0 Å². The molecule has 1 radical (unpaired) electrons. The van der Waals surface area contributed by atoms with Crippen LogP contribution in [0.2, 0.25) is 0 Å². The Balaban J connectivity index is 2.78. The summed E-state index contributed by atoms with van der Waals surface area (Å²) in [6.07, 6.45) is 0. The number of aromatic nitrogens is 1. The van der Waals surface area contributed by atoms with Gasteiger partial charge < -0.3 is 9.72 Å². The van der Waals surface area contributed by atoms with E-state index in [1.165, 1.54) is 0 Å². The van der Waals surface area contributed by atoms with Gasteiger partial charge in [0.2, 0.25) is 0 Å². The average Bonchev–Trinajstić information content (AvgIpc) is 2.47. The first-order valence-corrected chi connectivity index (χ1v) is 4.27. The quantitative estimate of drug-likeness (QED) is 0.706. The molecule has 1 N–H and O–H groups in total. The van der Waals surface area contributed by atoms with Crippen LogP contribution in [0, 0.1) is 19.9 Å². The molecule has 0 saturated carbocycles. The van der Waals surface area contributed by atoms with Crippen molar-refractivity contribution in [3.8, 4) is 5.75 Å². The molecule has 0 atom stereocenters. The molecule has 0 spiro atoms.